The summed E-state index contributed by atoms with van der Waals surface area (Å²) in [4.78, 5) is 18.1. The van der Waals surface area contributed by atoms with Gasteiger partial charge in [0.2, 0.25) is 5.91 Å². The van der Waals surface area contributed by atoms with Crippen LogP contribution in [0.5, 0.6) is 0 Å². The first-order valence-electron chi connectivity index (χ1n) is 9.75. The number of carbonyl (C=O) groups excluding carboxylic acids is 1. The van der Waals surface area contributed by atoms with Gasteiger partial charge in [0.05, 0.1) is 25.2 Å². The van der Waals surface area contributed by atoms with E-state index in [2.05, 4.69) is 40.1 Å². The van der Waals surface area contributed by atoms with Crippen LogP contribution >= 0.6 is 0 Å². The van der Waals surface area contributed by atoms with Crippen LogP contribution in [0.4, 0.5) is 5.69 Å². The lowest BCUT2D eigenvalue weighted by molar-refractivity contribution is -0.132. The van der Waals surface area contributed by atoms with Gasteiger partial charge in [0.1, 0.15) is 0 Å². The second-order valence-electron chi connectivity index (χ2n) is 8.78. The molecule has 6 aliphatic rings. The van der Waals surface area contributed by atoms with Crippen LogP contribution in [0.1, 0.15) is 24.8 Å². The first-order chi connectivity index (χ1) is 12.3. The van der Waals surface area contributed by atoms with Gasteiger partial charge in [0.25, 0.3) is 0 Å². The molecule has 7 rings (SSSR count). The zero-order valence-electron chi connectivity index (χ0n) is 14.2. The first-order valence-corrected chi connectivity index (χ1v) is 9.75. The van der Waals surface area contributed by atoms with Crippen LogP contribution in [0.3, 0.4) is 0 Å². The molecular weight excluding hydrogens is 312 g/mol. The number of ether oxygens (including phenoxy) is 1. The summed E-state index contributed by atoms with van der Waals surface area (Å²) >= 11 is 0. The Balaban J connectivity index is 1.55. The number of anilines is 1. The topological polar surface area (TPSA) is 32.8 Å². The van der Waals surface area contributed by atoms with E-state index in [0.29, 0.717) is 36.9 Å². The number of fused-ring (bicyclic) bond motifs is 2. The predicted molar refractivity (Wildman–Crippen MR) is 93.4 cm³/mol. The van der Waals surface area contributed by atoms with Crippen molar-refractivity contribution in [3.8, 4) is 0 Å². The van der Waals surface area contributed by atoms with Gasteiger partial charge in [-0.05, 0) is 36.9 Å². The Kier molecular flexibility index (Phi) is 2.27. The SMILES string of the molecule is O=C1CC2OCC=C3CN4CCC56c7ccccc7N1C5[C@H]2[C@H]3C[C@H]46. The average molecular weight is 334 g/mol. The van der Waals surface area contributed by atoms with E-state index in [-0.39, 0.29) is 17.4 Å². The number of amides is 1. The molecule has 1 spiro atoms. The van der Waals surface area contributed by atoms with Crippen LogP contribution in [0.2, 0.25) is 0 Å². The van der Waals surface area contributed by atoms with E-state index >= 15 is 0 Å². The fourth-order valence-electron chi connectivity index (χ4n) is 7.51. The van der Waals surface area contributed by atoms with Gasteiger partial charge >= 0.3 is 0 Å². The highest BCUT2D eigenvalue weighted by molar-refractivity contribution is 5.99. The highest BCUT2D eigenvalue weighted by atomic mass is 16.5. The molecule has 0 aromatic heterocycles. The summed E-state index contributed by atoms with van der Waals surface area (Å²) in [6, 6.07) is 9.64. The van der Waals surface area contributed by atoms with Crippen molar-refractivity contribution in [3.63, 3.8) is 0 Å². The maximum Gasteiger partial charge on any atom is 0.229 e. The molecule has 1 aliphatic carbocycles. The van der Waals surface area contributed by atoms with E-state index < -0.39 is 0 Å². The van der Waals surface area contributed by atoms with Gasteiger partial charge in [-0.25, -0.2) is 0 Å². The van der Waals surface area contributed by atoms with Gasteiger partial charge < -0.3 is 9.64 Å². The molecular formula is C21H22N2O2. The fraction of sp³-hybridized carbons (Fsp3) is 0.571. The molecule has 128 valence electrons. The molecule has 3 saturated heterocycles. The van der Waals surface area contributed by atoms with Gasteiger partial charge in [-0.1, -0.05) is 29.8 Å². The molecule has 0 N–H and O–H groups in total. The van der Waals surface area contributed by atoms with Crippen LogP contribution in [0.15, 0.2) is 35.9 Å². The van der Waals surface area contributed by atoms with E-state index in [0.717, 1.165) is 6.54 Å². The smallest absolute Gasteiger partial charge is 0.229 e. The maximum absolute atomic E-state index is 13.2. The monoisotopic (exact) mass is 334 g/mol. The Bertz CT molecular complexity index is 848. The molecule has 3 unspecified atom stereocenters. The molecule has 1 aromatic carbocycles. The zero-order chi connectivity index (χ0) is 16.3. The molecule has 4 nitrogen and oxygen atoms in total. The van der Waals surface area contributed by atoms with Crippen LogP contribution in [0, 0.1) is 11.8 Å². The van der Waals surface area contributed by atoms with Gasteiger partial charge in [-0.3, -0.25) is 9.69 Å². The van der Waals surface area contributed by atoms with Crippen molar-refractivity contribution >= 4 is 11.6 Å². The van der Waals surface area contributed by atoms with Crippen molar-refractivity contribution in [1.82, 2.24) is 4.90 Å². The number of hydrogen-bond donors (Lipinski definition) is 0. The Morgan fingerprint density at radius 2 is 2.16 bits per heavy atom. The fourth-order valence-corrected chi connectivity index (χ4v) is 7.51. The second kappa shape index (κ2) is 4.18. The number of hydrogen-bond acceptors (Lipinski definition) is 3. The number of nitrogens with zero attached hydrogens (tertiary/aromatic N) is 2. The summed E-state index contributed by atoms with van der Waals surface area (Å²) in [6.45, 7) is 2.97. The van der Waals surface area contributed by atoms with Crippen LogP contribution < -0.4 is 4.90 Å². The molecule has 6 atom stereocenters. The summed E-state index contributed by atoms with van der Waals surface area (Å²) in [5, 5.41) is 0. The molecule has 1 amide bonds. The summed E-state index contributed by atoms with van der Waals surface area (Å²) < 4.78 is 6.25. The molecule has 5 heterocycles. The molecule has 4 fully saturated rings. The largest absolute Gasteiger partial charge is 0.373 e. The summed E-state index contributed by atoms with van der Waals surface area (Å²) in [7, 11) is 0. The van der Waals surface area contributed by atoms with Crippen molar-refractivity contribution < 1.29 is 9.53 Å². The standard InChI is InChI=1S/C21H22N2O2/c24-18-10-16-19-13-9-17-21(6-7-22(17)11-12(13)5-8-25-16)14-3-1-2-4-15(14)23(18)20(19)21/h1-5,13,16-17,19-20H,6-11H2/t13-,16?,17-,19-,20?,21?/m0/s1. The third-order valence-electron chi connectivity index (χ3n) is 8.22. The molecule has 4 heteroatoms. The second-order valence-corrected chi connectivity index (χ2v) is 8.78. The Hall–Kier alpha value is -1.65. The van der Waals surface area contributed by atoms with E-state index in [1.165, 1.54) is 30.6 Å². The van der Waals surface area contributed by atoms with Gasteiger partial charge in [0.15, 0.2) is 0 Å². The quantitative estimate of drug-likeness (QED) is 0.681. The highest BCUT2D eigenvalue weighted by Crippen LogP contribution is 2.65. The third-order valence-corrected chi connectivity index (χ3v) is 8.22. The number of carbonyl (C=O) groups is 1. The maximum atomic E-state index is 13.2. The zero-order valence-corrected chi connectivity index (χ0v) is 14.2. The number of benzene rings is 1. The van der Waals surface area contributed by atoms with Gasteiger partial charge in [-0.2, -0.15) is 0 Å². The Morgan fingerprint density at radius 3 is 3.12 bits per heavy atom. The minimum atomic E-state index is 0.104. The average Bonchev–Trinajstić information content (AvgIpc) is 3.10. The molecule has 1 aromatic rings. The molecule has 5 aliphatic heterocycles. The van der Waals surface area contributed by atoms with Gasteiger partial charge in [0, 0.05) is 29.6 Å². The normalized spacial score (nSPS) is 45.9. The predicted octanol–water partition coefficient (Wildman–Crippen LogP) is 2.09. The molecule has 25 heavy (non-hydrogen) atoms. The molecule has 1 saturated carbocycles. The Labute approximate surface area is 147 Å². The lowest BCUT2D eigenvalue weighted by Crippen LogP contribution is -2.69. The molecule has 2 bridgehead atoms. The van der Waals surface area contributed by atoms with E-state index in [4.69, 9.17) is 4.74 Å². The summed E-state index contributed by atoms with van der Waals surface area (Å²) in [5.74, 6) is 1.35. The summed E-state index contributed by atoms with van der Waals surface area (Å²) in [5.41, 5.74) is 4.35. The molecule has 0 radical (unpaired) electrons. The Morgan fingerprint density at radius 1 is 1.24 bits per heavy atom. The number of piperidine rings is 2. The minimum Gasteiger partial charge on any atom is -0.373 e. The summed E-state index contributed by atoms with van der Waals surface area (Å²) in [6.07, 6.45) is 5.43. The van der Waals surface area contributed by atoms with E-state index in [1.807, 2.05) is 0 Å². The van der Waals surface area contributed by atoms with E-state index in [9.17, 15) is 4.79 Å². The van der Waals surface area contributed by atoms with E-state index in [1.54, 1.807) is 5.57 Å². The van der Waals surface area contributed by atoms with Crippen LogP contribution in [0.25, 0.3) is 0 Å². The lowest BCUT2D eigenvalue weighted by atomic mass is 9.53. The van der Waals surface area contributed by atoms with Crippen molar-refractivity contribution in [3.05, 3.63) is 41.5 Å². The third kappa shape index (κ3) is 1.33. The van der Waals surface area contributed by atoms with Crippen molar-refractivity contribution in [2.45, 2.75) is 42.9 Å². The highest BCUT2D eigenvalue weighted by Gasteiger charge is 2.70. The lowest BCUT2D eigenvalue weighted by Gasteiger charge is -2.58. The number of para-hydroxylation sites is 1. The minimum absolute atomic E-state index is 0.104. The van der Waals surface area contributed by atoms with Gasteiger partial charge in [-0.15, -0.1) is 0 Å². The van der Waals surface area contributed by atoms with Crippen molar-refractivity contribution in [2.24, 2.45) is 11.8 Å². The number of rotatable bonds is 0. The van der Waals surface area contributed by atoms with Crippen molar-refractivity contribution in [2.75, 3.05) is 24.6 Å². The van der Waals surface area contributed by atoms with Crippen LogP contribution in [-0.2, 0) is 14.9 Å². The van der Waals surface area contributed by atoms with Crippen LogP contribution in [-0.4, -0.2) is 48.7 Å². The van der Waals surface area contributed by atoms with Crippen molar-refractivity contribution in [1.29, 1.82) is 0 Å². The first kappa shape index (κ1) is 13.5.